The van der Waals surface area contributed by atoms with Crippen molar-refractivity contribution >= 4 is 38.9 Å². The molecule has 3 heterocycles. The summed E-state index contributed by atoms with van der Waals surface area (Å²) < 4.78 is 12.9. The lowest BCUT2D eigenvalue weighted by Crippen LogP contribution is -2.29. The third-order valence-corrected chi connectivity index (χ3v) is 6.71. The van der Waals surface area contributed by atoms with Crippen molar-refractivity contribution in [3.05, 3.63) is 100 Å². The molecule has 5 rings (SSSR count). The first-order chi connectivity index (χ1) is 16.0. The van der Waals surface area contributed by atoms with Gasteiger partial charge in [-0.05, 0) is 73.2 Å². The van der Waals surface area contributed by atoms with Crippen molar-refractivity contribution in [2.24, 2.45) is 0 Å². The fourth-order valence-corrected chi connectivity index (χ4v) is 5.19. The first kappa shape index (κ1) is 21.7. The molecule has 2 atom stereocenters. The highest BCUT2D eigenvalue weighted by molar-refractivity contribution is 9.10. The number of nitrogens with one attached hydrogen (secondary N) is 1. The second-order valence-corrected chi connectivity index (χ2v) is 9.12. The van der Waals surface area contributed by atoms with E-state index in [1.165, 1.54) is 5.56 Å². The maximum absolute atomic E-state index is 6.45. The smallest absolute Gasteiger partial charge is 0.174 e. The molecule has 1 fully saturated rings. The molecule has 0 radical (unpaired) electrons. The Balaban J connectivity index is 1.61. The minimum Gasteiger partial charge on any atom is -0.497 e. The highest BCUT2D eigenvalue weighted by atomic mass is 79.9. The maximum atomic E-state index is 6.45. The van der Waals surface area contributed by atoms with E-state index in [0.29, 0.717) is 5.11 Å². The average molecular weight is 520 g/mol. The maximum Gasteiger partial charge on any atom is 0.174 e. The van der Waals surface area contributed by atoms with Gasteiger partial charge in [-0.25, -0.2) is 0 Å². The van der Waals surface area contributed by atoms with E-state index in [4.69, 9.17) is 21.4 Å². The summed E-state index contributed by atoms with van der Waals surface area (Å²) >= 11 is 9.46. The fourth-order valence-electron chi connectivity index (χ4n) is 4.16. The van der Waals surface area contributed by atoms with Crippen LogP contribution in [0.1, 0.15) is 29.1 Å². The van der Waals surface area contributed by atoms with Crippen LogP contribution in [-0.2, 0) is 0 Å². The van der Waals surface area contributed by atoms with E-state index in [1.54, 1.807) is 13.3 Å². The van der Waals surface area contributed by atoms with Gasteiger partial charge >= 0.3 is 0 Å². The third-order valence-electron chi connectivity index (χ3n) is 5.74. The van der Waals surface area contributed by atoms with Crippen LogP contribution in [-0.4, -0.2) is 17.2 Å². The molecule has 7 heteroatoms. The molecule has 0 amide bonds. The highest BCUT2D eigenvalue weighted by Crippen LogP contribution is 2.44. The summed E-state index contributed by atoms with van der Waals surface area (Å²) in [6.45, 7) is 2.07. The number of thiocarbonyl (C=S) groups is 1. The number of methoxy groups -OCH3 is 1. The summed E-state index contributed by atoms with van der Waals surface area (Å²) in [7, 11) is 1.66. The second-order valence-electron chi connectivity index (χ2n) is 7.88. The number of pyridine rings is 1. The fraction of sp³-hybridized carbons (Fsp3) is 0.154. The van der Waals surface area contributed by atoms with Crippen molar-refractivity contribution < 1.29 is 9.15 Å². The Morgan fingerprint density at radius 3 is 2.70 bits per heavy atom. The first-order valence-electron chi connectivity index (χ1n) is 10.6. The number of hydrogen-bond donors (Lipinski definition) is 1. The van der Waals surface area contributed by atoms with Crippen LogP contribution in [0.4, 0.5) is 5.69 Å². The van der Waals surface area contributed by atoms with E-state index in [-0.39, 0.29) is 12.1 Å². The molecular formula is C26H22BrN3O2S. The quantitative estimate of drug-likeness (QED) is 0.300. The Bertz CT molecular complexity index is 1310. The standard InChI is InChI=1S/C26H22BrN3O2S/c1-16-9-10-19(20(27)14-16)22-11-12-23(32-22)25-24(21-8-3-4-13-28-21)29-26(33)30(25)17-6-5-7-18(15-17)31-2/h3-15,24-25H,1-2H3,(H,29,33). The van der Waals surface area contributed by atoms with Crippen LogP contribution in [0.2, 0.25) is 0 Å². The molecule has 1 aliphatic heterocycles. The van der Waals surface area contributed by atoms with E-state index in [2.05, 4.69) is 56.3 Å². The van der Waals surface area contributed by atoms with Crippen molar-refractivity contribution in [1.82, 2.24) is 10.3 Å². The summed E-state index contributed by atoms with van der Waals surface area (Å²) in [5.74, 6) is 2.35. The number of benzene rings is 2. The minimum absolute atomic E-state index is 0.176. The lowest BCUT2D eigenvalue weighted by molar-refractivity contribution is 0.414. The van der Waals surface area contributed by atoms with Gasteiger partial charge in [0, 0.05) is 28.0 Å². The number of hydrogen-bond acceptors (Lipinski definition) is 4. The highest BCUT2D eigenvalue weighted by Gasteiger charge is 2.42. The summed E-state index contributed by atoms with van der Waals surface area (Å²) in [5.41, 5.74) is 4.00. The van der Waals surface area contributed by atoms with Gasteiger partial charge in [0.25, 0.3) is 0 Å². The lowest BCUT2D eigenvalue weighted by atomic mass is 10.0. The van der Waals surface area contributed by atoms with Gasteiger partial charge < -0.3 is 19.4 Å². The number of halogens is 1. The van der Waals surface area contributed by atoms with Crippen LogP contribution in [0.3, 0.4) is 0 Å². The van der Waals surface area contributed by atoms with E-state index in [1.807, 2.05) is 54.6 Å². The van der Waals surface area contributed by atoms with E-state index in [0.717, 1.165) is 38.7 Å². The molecule has 2 unspecified atom stereocenters. The predicted molar refractivity (Wildman–Crippen MR) is 138 cm³/mol. The van der Waals surface area contributed by atoms with Crippen molar-refractivity contribution in [3.63, 3.8) is 0 Å². The topological polar surface area (TPSA) is 50.5 Å². The van der Waals surface area contributed by atoms with Crippen LogP contribution < -0.4 is 15.0 Å². The van der Waals surface area contributed by atoms with Crippen LogP contribution in [0.25, 0.3) is 11.3 Å². The molecule has 166 valence electrons. The number of rotatable bonds is 5. The zero-order valence-electron chi connectivity index (χ0n) is 18.2. The molecule has 33 heavy (non-hydrogen) atoms. The molecule has 4 aromatic rings. The van der Waals surface area contributed by atoms with E-state index in [9.17, 15) is 0 Å². The number of aromatic nitrogens is 1. The second kappa shape index (κ2) is 9.00. The normalized spacial score (nSPS) is 17.8. The molecule has 5 nitrogen and oxygen atoms in total. The molecule has 1 aliphatic rings. The van der Waals surface area contributed by atoms with Gasteiger partial charge in [-0.15, -0.1) is 0 Å². The van der Waals surface area contributed by atoms with Crippen LogP contribution >= 0.6 is 28.1 Å². The van der Waals surface area contributed by atoms with E-state index >= 15 is 0 Å². The molecule has 0 spiro atoms. The van der Waals surface area contributed by atoms with Crippen LogP contribution in [0.15, 0.2) is 87.9 Å². The van der Waals surface area contributed by atoms with Gasteiger partial charge in [0.2, 0.25) is 0 Å². The zero-order chi connectivity index (χ0) is 22.9. The lowest BCUT2D eigenvalue weighted by Gasteiger charge is -2.26. The van der Waals surface area contributed by atoms with Crippen molar-refractivity contribution in [2.45, 2.75) is 19.0 Å². The number of nitrogens with zero attached hydrogens (tertiary/aromatic N) is 2. The summed E-state index contributed by atoms with van der Waals surface area (Å²) in [4.78, 5) is 6.67. The van der Waals surface area contributed by atoms with Gasteiger partial charge in [0.15, 0.2) is 5.11 Å². The van der Waals surface area contributed by atoms with Gasteiger partial charge in [-0.3, -0.25) is 4.98 Å². The molecule has 1 saturated heterocycles. The minimum atomic E-state index is -0.225. The Hall–Kier alpha value is -3.16. The third kappa shape index (κ3) is 4.14. The molecule has 0 bridgehead atoms. The summed E-state index contributed by atoms with van der Waals surface area (Å²) in [6.07, 6.45) is 1.79. The predicted octanol–water partition coefficient (Wildman–Crippen LogP) is 6.60. The molecular weight excluding hydrogens is 498 g/mol. The van der Waals surface area contributed by atoms with Gasteiger partial charge in [0.1, 0.15) is 23.3 Å². The Morgan fingerprint density at radius 1 is 1.06 bits per heavy atom. The van der Waals surface area contributed by atoms with Gasteiger partial charge in [-0.1, -0.05) is 34.1 Å². The van der Waals surface area contributed by atoms with Crippen molar-refractivity contribution in [3.8, 4) is 17.1 Å². The number of ether oxygens (including phenoxy) is 1. The van der Waals surface area contributed by atoms with Gasteiger partial charge in [-0.2, -0.15) is 0 Å². The van der Waals surface area contributed by atoms with Gasteiger partial charge in [0.05, 0.1) is 18.8 Å². The molecule has 2 aromatic heterocycles. The number of anilines is 1. The van der Waals surface area contributed by atoms with Crippen molar-refractivity contribution in [1.29, 1.82) is 0 Å². The monoisotopic (exact) mass is 519 g/mol. The summed E-state index contributed by atoms with van der Waals surface area (Å²) in [6, 6.07) is 23.6. The molecule has 1 N–H and O–H groups in total. The Morgan fingerprint density at radius 2 is 1.94 bits per heavy atom. The van der Waals surface area contributed by atoms with Crippen molar-refractivity contribution in [2.75, 3.05) is 12.0 Å². The number of furan rings is 1. The molecule has 2 aromatic carbocycles. The SMILES string of the molecule is COc1cccc(N2C(=S)NC(c3ccccn3)C2c2ccc(-c3ccc(C)cc3Br)o2)c1. The first-order valence-corrected chi connectivity index (χ1v) is 11.8. The summed E-state index contributed by atoms with van der Waals surface area (Å²) in [5, 5.41) is 4.07. The Labute approximate surface area is 206 Å². The average Bonchev–Trinajstić information content (AvgIpc) is 3.44. The number of aryl methyl sites for hydroxylation is 1. The Kier molecular flexibility index (Phi) is 5.91. The van der Waals surface area contributed by atoms with Crippen LogP contribution in [0.5, 0.6) is 5.75 Å². The molecule has 0 aliphatic carbocycles. The molecule has 0 saturated carbocycles. The van der Waals surface area contributed by atoms with E-state index < -0.39 is 0 Å². The van der Waals surface area contributed by atoms with Crippen LogP contribution in [0, 0.1) is 6.92 Å². The largest absolute Gasteiger partial charge is 0.497 e. The zero-order valence-corrected chi connectivity index (χ0v) is 20.6.